The van der Waals surface area contributed by atoms with E-state index in [0.29, 0.717) is 18.5 Å². The molecular formula is C32H28FN5Na2O9S2. The summed E-state index contributed by atoms with van der Waals surface area (Å²) < 4.78 is 22.3. The molecule has 2 N–H and O–H groups in total. The molecule has 51 heavy (non-hydrogen) atoms. The van der Waals surface area contributed by atoms with E-state index in [1.807, 2.05) is 11.4 Å². The van der Waals surface area contributed by atoms with Crippen LogP contribution in [-0.2, 0) is 25.5 Å². The first-order chi connectivity index (χ1) is 23.5. The summed E-state index contributed by atoms with van der Waals surface area (Å²) >= 11 is 2.64. The Labute approximate surface area is 342 Å². The number of halogens is 1. The van der Waals surface area contributed by atoms with E-state index in [2.05, 4.69) is 10.6 Å². The summed E-state index contributed by atoms with van der Waals surface area (Å²) in [7, 11) is 0. The van der Waals surface area contributed by atoms with Crippen molar-refractivity contribution >= 4 is 69.5 Å². The van der Waals surface area contributed by atoms with Crippen LogP contribution in [0.2, 0.25) is 0 Å². The van der Waals surface area contributed by atoms with Gasteiger partial charge in [0.05, 0.1) is 46.9 Å². The number of fused-ring (bicyclic) bond motifs is 2. The number of β-lactam (4-membered cyclic amide) rings is 1. The number of amides is 3. The number of nitrogens with zero attached hydrogens (tertiary/aromatic N) is 3. The third-order valence-corrected chi connectivity index (χ3v) is 11.2. The van der Waals surface area contributed by atoms with Crippen molar-refractivity contribution in [2.75, 3.05) is 30.3 Å². The summed E-state index contributed by atoms with van der Waals surface area (Å²) in [5, 5.41) is 30.1. The van der Waals surface area contributed by atoms with E-state index in [1.54, 1.807) is 15.5 Å². The van der Waals surface area contributed by atoms with Gasteiger partial charge in [-0.1, -0.05) is 6.07 Å². The molecule has 0 bridgehead atoms. The molecule has 0 radical (unpaired) electrons. The smallest absolute Gasteiger partial charge is 0.545 e. The van der Waals surface area contributed by atoms with Crippen LogP contribution < -0.4 is 90.3 Å². The zero-order valence-electron chi connectivity index (χ0n) is 27.6. The molecule has 3 amide bonds. The van der Waals surface area contributed by atoms with Crippen molar-refractivity contribution in [2.45, 2.75) is 49.2 Å². The predicted octanol–water partition coefficient (Wildman–Crippen LogP) is -6.14. The van der Waals surface area contributed by atoms with Crippen LogP contribution in [0.1, 0.15) is 40.5 Å². The van der Waals surface area contributed by atoms with Crippen molar-refractivity contribution in [2.24, 2.45) is 0 Å². The number of hydrogen-bond donors (Lipinski definition) is 2. The van der Waals surface area contributed by atoms with Crippen LogP contribution in [0.25, 0.3) is 10.9 Å². The third kappa shape index (κ3) is 7.90. The number of alkyl carbamates (subject to hydrolysis) is 1. The van der Waals surface area contributed by atoms with Gasteiger partial charge in [0.2, 0.25) is 5.91 Å². The van der Waals surface area contributed by atoms with Gasteiger partial charge in [0, 0.05) is 46.9 Å². The molecule has 2 saturated heterocycles. The van der Waals surface area contributed by atoms with E-state index in [9.17, 15) is 39.0 Å². The number of carbonyl (C=O) groups is 5. The number of thiophene rings is 1. The summed E-state index contributed by atoms with van der Waals surface area (Å²) in [6.07, 6.45) is 2.52. The van der Waals surface area contributed by atoms with Crippen molar-refractivity contribution in [3.63, 3.8) is 0 Å². The van der Waals surface area contributed by atoms with Gasteiger partial charge < -0.3 is 44.6 Å². The van der Waals surface area contributed by atoms with Crippen molar-refractivity contribution in [3.05, 3.63) is 73.6 Å². The molecule has 3 fully saturated rings. The molecule has 14 nitrogen and oxygen atoms in total. The maximum absolute atomic E-state index is 15.3. The number of benzene rings is 1. The van der Waals surface area contributed by atoms with Crippen molar-refractivity contribution < 1.29 is 102 Å². The van der Waals surface area contributed by atoms with E-state index >= 15 is 4.39 Å². The second-order valence-electron chi connectivity index (χ2n) is 12.2. The van der Waals surface area contributed by atoms with E-state index < -0.39 is 64.8 Å². The van der Waals surface area contributed by atoms with Crippen LogP contribution in [0.3, 0.4) is 0 Å². The zero-order chi connectivity index (χ0) is 34.6. The second kappa shape index (κ2) is 16.0. The molecule has 19 heteroatoms. The Morgan fingerprint density at radius 2 is 1.80 bits per heavy atom. The van der Waals surface area contributed by atoms with Gasteiger partial charge in [-0.25, -0.2) is 9.18 Å². The normalized spacial score (nSPS) is 20.9. The van der Waals surface area contributed by atoms with E-state index in [0.717, 1.165) is 28.7 Å². The number of anilines is 1. The molecule has 2 aromatic heterocycles. The molecule has 1 saturated carbocycles. The average molecular weight is 756 g/mol. The van der Waals surface area contributed by atoms with Crippen LogP contribution in [0.15, 0.2) is 51.9 Å². The van der Waals surface area contributed by atoms with Crippen molar-refractivity contribution in [3.8, 4) is 0 Å². The first kappa shape index (κ1) is 39.3. The number of pyridine rings is 1. The number of ether oxygens (including phenoxy) is 1. The number of aromatic carboxylic acids is 1. The Morgan fingerprint density at radius 1 is 1.04 bits per heavy atom. The average Bonchev–Trinajstić information content (AvgIpc) is 3.58. The van der Waals surface area contributed by atoms with Gasteiger partial charge >= 0.3 is 65.2 Å². The maximum atomic E-state index is 15.3. The van der Waals surface area contributed by atoms with Gasteiger partial charge in [-0.15, -0.1) is 23.1 Å². The Morgan fingerprint density at radius 3 is 2.47 bits per heavy atom. The number of thioether (sulfide) groups is 1. The van der Waals surface area contributed by atoms with E-state index in [4.69, 9.17) is 4.74 Å². The number of aliphatic carboxylic acids is 1. The molecule has 5 heterocycles. The van der Waals surface area contributed by atoms with Gasteiger partial charge in [-0.2, -0.15) is 0 Å². The van der Waals surface area contributed by atoms with E-state index in [1.165, 1.54) is 35.4 Å². The number of carboxylic acids is 2. The van der Waals surface area contributed by atoms with Crippen LogP contribution >= 0.6 is 23.1 Å². The number of aromatic nitrogens is 1. The molecule has 7 rings (SSSR count). The monoisotopic (exact) mass is 755 g/mol. The zero-order valence-corrected chi connectivity index (χ0v) is 33.3. The number of hydrogen-bond acceptors (Lipinski definition) is 12. The fourth-order valence-electron chi connectivity index (χ4n) is 6.44. The third-order valence-electron chi connectivity index (χ3n) is 8.96. The van der Waals surface area contributed by atoms with Crippen LogP contribution in [0.5, 0.6) is 0 Å². The Bertz CT molecular complexity index is 2010. The van der Waals surface area contributed by atoms with Crippen LogP contribution in [0.4, 0.5) is 14.9 Å². The molecule has 3 unspecified atom stereocenters. The van der Waals surface area contributed by atoms with Crippen molar-refractivity contribution in [1.29, 1.82) is 0 Å². The summed E-state index contributed by atoms with van der Waals surface area (Å²) in [5.41, 5.74) is -0.970. The minimum absolute atomic E-state index is 0. The molecule has 3 atom stereocenters. The molecule has 256 valence electrons. The number of rotatable bonds is 10. The van der Waals surface area contributed by atoms with Gasteiger partial charge in [-0.05, 0) is 42.8 Å². The van der Waals surface area contributed by atoms with Gasteiger partial charge in [0.1, 0.15) is 23.8 Å². The minimum Gasteiger partial charge on any atom is -0.545 e. The Kier molecular flexibility index (Phi) is 12.3. The predicted molar refractivity (Wildman–Crippen MR) is 171 cm³/mol. The number of nitrogens with one attached hydrogen (secondary N) is 2. The topological polar surface area (TPSA) is 193 Å². The van der Waals surface area contributed by atoms with Gasteiger partial charge in [0.25, 0.3) is 5.91 Å². The Balaban J connectivity index is 0.00000252. The Hall–Kier alpha value is -2.90. The van der Waals surface area contributed by atoms with Gasteiger partial charge in [0.15, 0.2) is 5.43 Å². The number of carboxylic acid groups (broad SMARTS) is 2. The molecule has 4 aliphatic rings. The first-order valence-corrected chi connectivity index (χ1v) is 17.4. The van der Waals surface area contributed by atoms with E-state index in [-0.39, 0.29) is 112 Å². The molecule has 1 aliphatic carbocycles. The summed E-state index contributed by atoms with van der Waals surface area (Å²) in [5.74, 6) is -4.78. The largest absolute Gasteiger partial charge is 1.00 e. The summed E-state index contributed by atoms with van der Waals surface area (Å²) in [6, 6.07) is 4.81. The maximum Gasteiger partial charge on any atom is 1.00 e. The fourth-order valence-corrected chi connectivity index (χ4v) is 8.47. The molecule has 3 aliphatic heterocycles. The first-order valence-electron chi connectivity index (χ1n) is 15.5. The van der Waals surface area contributed by atoms with Gasteiger partial charge in [-0.3, -0.25) is 19.3 Å². The summed E-state index contributed by atoms with van der Waals surface area (Å²) in [4.78, 5) is 78.0. The van der Waals surface area contributed by atoms with Crippen LogP contribution in [-0.4, -0.2) is 82.2 Å². The minimum atomic E-state index is -1.63. The fraction of sp³-hybridized carbons (Fsp3) is 0.375. The van der Waals surface area contributed by atoms with Crippen LogP contribution in [0, 0.1) is 5.82 Å². The molecule has 1 aromatic carbocycles. The standard InChI is InChI=1S/C32H30FN5O9S2.2Na/c33-21-9-19-22(37(17-3-4-17)12-20(27(19)40)30(42)43)10-23(21)36-6-5-16(11-36)34-32(46)47-13-15-14-49-29-25(28(41)38(29)26(15)31(44)45)35-24(39)8-18-2-1-7-48-18;;/h1-2,7,9-10,12,16-17,25,29H,3-6,8,11,13-14H2,(H,34,46)(H,35,39)(H,42,43)(H,44,45);;/q;2*+1/p-2. The molecule has 3 aromatic rings. The second-order valence-corrected chi connectivity index (χ2v) is 14.4. The quantitative estimate of drug-likeness (QED) is 0.148. The molecule has 0 spiro atoms. The molecular weight excluding hydrogens is 727 g/mol. The van der Waals surface area contributed by atoms with Crippen molar-refractivity contribution in [1.82, 2.24) is 20.1 Å². The number of carbonyl (C=O) groups excluding carboxylic acids is 5. The SMILES string of the molecule is O=C(Cc1cccs1)NC1C(=O)N2C(C(=O)[O-])=C(COC(=O)NC3CCN(c4cc5c(cc4F)c(=O)c(C(=O)[O-])cn5C4CC4)C3)CSC12.[Na+].[Na+]. The summed E-state index contributed by atoms with van der Waals surface area (Å²) in [6.45, 7) is 0.142.